The fourth-order valence-electron chi connectivity index (χ4n) is 14.0. The van der Waals surface area contributed by atoms with E-state index in [-0.39, 0.29) is 5.41 Å². The Morgan fingerprint density at radius 1 is 0.436 bits per heavy atom. The molecule has 2 atom stereocenters. The Hall–Kier alpha value is -8.58. The topological polar surface area (TPSA) is 22.2 Å². The molecule has 0 spiro atoms. The number of halogens is 1. The van der Waals surface area contributed by atoms with Gasteiger partial charge in [-0.3, -0.25) is 4.99 Å². The van der Waals surface area contributed by atoms with Crippen LogP contribution in [0.15, 0.2) is 229 Å². The molecule has 16 rings (SSSR count). The number of hydrogen-bond donors (Lipinski definition) is 0. The third-order valence-electron chi connectivity index (χ3n) is 17.9. The maximum Gasteiger partial charge on any atom is 0.162 e. The Morgan fingerprint density at radius 2 is 0.936 bits per heavy atom. The first-order valence-corrected chi connectivity index (χ1v) is 28.3. The van der Waals surface area contributed by atoms with Gasteiger partial charge < -0.3 is 9.13 Å². The van der Waals surface area contributed by atoms with Crippen LogP contribution in [0.3, 0.4) is 0 Å². The van der Waals surface area contributed by atoms with Gasteiger partial charge in [0.05, 0.1) is 22.1 Å². The van der Waals surface area contributed by atoms with Crippen molar-refractivity contribution < 1.29 is 0 Å². The molecule has 13 aromatic rings. The SMILES string of the molecule is C=NC1(I)c2ccccc2-c2cc3c(cc21)c1ccc(-c2cccc4c2CC(C)C=C4)cc1n3-c1ccc(-c2ccc(-n3c4cc(-c5cccc6ccccc56)ccc4c4cc5c(cc43)-c3ccccc3C5(C)C)cc2)cc1. The molecular weight excluding hydrogens is 1060 g/mol. The summed E-state index contributed by atoms with van der Waals surface area (Å²) in [6.07, 6.45) is 5.68. The Morgan fingerprint density at radius 3 is 1.60 bits per heavy atom. The predicted molar refractivity (Wildman–Crippen MR) is 338 cm³/mol. The third-order valence-corrected chi connectivity index (χ3v) is 19.4. The lowest BCUT2D eigenvalue weighted by Crippen LogP contribution is -2.14. The fourth-order valence-corrected chi connectivity index (χ4v) is 14.9. The van der Waals surface area contributed by atoms with Crippen molar-refractivity contribution in [3.05, 3.63) is 258 Å². The minimum atomic E-state index is -0.567. The molecule has 0 bridgehead atoms. The van der Waals surface area contributed by atoms with E-state index in [1.165, 1.54) is 143 Å². The first kappa shape index (κ1) is 45.6. The van der Waals surface area contributed by atoms with Gasteiger partial charge in [-0.25, -0.2) is 0 Å². The van der Waals surface area contributed by atoms with Gasteiger partial charge in [0.2, 0.25) is 0 Å². The Bertz CT molecular complexity index is 4770. The van der Waals surface area contributed by atoms with Crippen molar-refractivity contribution in [3.63, 3.8) is 0 Å². The summed E-state index contributed by atoms with van der Waals surface area (Å²) in [7, 11) is 0. The summed E-state index contributed by atoms with van der Waals surface area (Å²) >= 11 is 2.51. The van der Waals surface area contributed by atoms with Gasteiger partial charge in [0.1, 0.15) is 0 Å². The standard InChI is InChI=1S/C74H52IN3/c1-44-23-24-48-15-12-20-55(60(48)37-44)50-30-36-59-64-41-68-62(57-18-8-10-22-66(57)74(68,75)76-4)43-72(64)78(70(59)39-50)52-33-27-46(28-34-52)45-25-31-51(32-26-45)77-69-38-49(54-19-11-14-47-13-5-6-16-53(47)54)29-35-58(69)63-40-67-61(42-71(63)77)56-17-7-9-21-65(56)73(67,2)3/h5-36,38-44H,4,37H2,1-3H3. The van der Waals surface area contributed by atoms with Gasteiger partial charge in [0, 0.05) is 49.5 Å². The molecule has 2 unspecified atom stereocenters. The average molecular weight is 1110 g/mol. The maximum absolute atomic E-state index is 4.81. The van der Waals surface area contributed by atoms with Crippen LogP contribution >= 0.6 is 22.6 Å². The van der Waals surface area contributed by atoms with Crippen LogP contribution in [0.4, 0.5) is 0 Å². The second-order valence-electron chi connectivity index (χ2n) is 22.5. The highest BCUT2D eigenvalue weighted by molar-refractivity contribution is 14.1. The van der Waals surface area contributed by atoms with Gasteiger partial charge in [-0.05, 0) is 191 Å². The lowest BCUT2D eigenvalue weighted by atomic mass is 9.82. The fraction of sp³-hybridized carbons (Fsp3) is 0.0946. The summed E-state index contributed by atoms with van der Waals surface area (Å²) in [5, 5.41) is 7.49. The van der Waals surface area contributed by atoms with E-state index in [1.54, 1.807) is 0 Å². The number of aromatic nitrogens is 2. The summed E-state index contributed by atoms with van der Waals surface area (Å²) < 4.78 is 4.42. The van der Waals surface area contributed by atoms with E-state index >= 15 is 0 Å². The number of benzene rings is 11. The van der Waals surface area contributed by atoms with Crippen LogP contribution in [-0.2, 0) is 15.4 Å². The zero-order valence-electron chi connectivity index (χ0n) is 43.7. The van der Waals surface area contributed by atoms with Crippen molar-refractivity contribution in [3.8, 4) is 67.0 Å². The van der Waals surface area contributed by atoms with Crippen molar-refractivity contribution in [2.75, 3.05) is 0 Å². The summed E-state index contributed by atoms with van der Waals surface area (Å²) in [6, 6.07) is 82.2. The molecular formula is C74H52IN3. The van der Waals surface area contributed by atoms with Gasteiger partial charge in [0.25, 0.3) is 0 Å². The smallest absolute Gasteiger partial charge is 0.162 e. The van der Waals surface area contributed by atoms with Crippen molar-refractivity contribution in [2.45, 2.75) is 36.2 Å². The molecule has 3 aliphatic rings. The van der Waals surface area contributed by atoms with Crippen molar-refractivity contribution in [2.24, 2.45) is 10.9 Å². The molecule has 2 aromatic heterocycles. The molecule has 78 heavy (non-hydrogen) atoms. The molecule has 0 radical (unpaired) electrons. The van der Waals surface area contributed by atoms with Crippen LogP contribution in [-0.4, -0.2) is 15.9 Å². The van der Waals surface area contributed by atoms with Crippen LogP contribution < -0.4 is 0 Å². The van der Waals surface area contributed by atoms with E-state index < -0.39 is 3.55 Å². The van der Waals surface area contributed by atoms with Crippen molar-refractivity contribution >= 4 is 89.8 Å². The summed E-state index contributed by atoms with van der Waals surface area (Å²) in [4.78, 5) is 4.81. The minimum Gasteiger partial charge on any atom is -0.309 e. The zero-order chi connectivity index (χ0) is 52.2. The predicted octanol–water partition coefficient (Wildman–Crippen LogP) is 19.9. The van der Waals surface area contributed by atoms with Crippen molar-refractivity contribution in [1.29, 1.82) is 0 Å². The molecule has 0 amide bonds. The second kappa shape index (κ2) is 16.7. The lowest BCUT2D eigenvalue weighted by Gasteiger charge is -2.21. The molecule has 0 aliphatic heterocycles. The van der Waals surface area contributed by atoms with E-state index in [0.717, 1.165) is 17.8 Å². The summed E-state index contributed by atoms with van der Waals surface area (Å²) in [5.41, 5.74) is 27.3. The average Bonchev–Trinajstić information content (AvgIpc) is 4.36. The molecule has 0 N–H and O–H groups in total. The van der Waals surface area contributed by atoms with Gasteiger partial charge in [-0.15, -0.1) is 0 Å². The molecule has 0 fully saturated rings. The number of nitrogens with zero attached hydrogens (tertiary/aromatic N) is 3. The van der Waals surface area contributed by atoms with E-state index in [2.05, 4.69) is 290 Å². The van der Waals surface area contributed by atoms with E-state index in [0.29, 0.717) is 5.92 Å². The van der Waals surface area contributed by atoms with E-state index in [4.69, 9.17) is 4.99 Å². The molecule has 370 valence electrons. The minimum absolute atomic E-state index is 0.102. The number of allylic oxidation sites excluding steroid dienone is 1. The molecule has 3 nitrogen and oxygen atoms in total. The Labute approximate surface area is 467 Å². The van der Waals surface area contributed by atoms with Crippen LogP contribution in [0.1, 0.15) is 54.2 Å². The zero-order valence-corrected chi connectivity index (χ0v) is 45.8. The number of alkyl halides is 1. The van der Waals surface area contributed by atoms with E-state index in [1.807, 2.05) is 0 Å². The van der Waals surface area contributed by atoms with Crippen LogP contribution in [0.25, 0.3) is 127 Å². The second-order valence-corrected chi connectivity index (χ2v) is 24.1. The number of fused-ring (bicyclic) bond motifs is 14. The first-order valence-electron chi connectivity index (χ1n) is 27.3. The van der Waals surface area contributed by atoms with Gasteiger partial charge in [0.15, 0.2) is 3.55 Å². The molecule has 11 aromatic carbocycles. The first-order chi connectivity index (χ1) is 38.1. The van der Waals surface area contributed by atoms with Gasteiger partial charge in [-0.1, -0.05) is 191 Å². The van der Waals surface area contributed by atoms with Gasteiger partial charge >= 0.3 is 0 Å². The largest absolute Gasteiger partial charge is 0.309 e. The summed E-state index contributed by atoms with van der Waals surface area (Å²) in [5.74, 6) is 0.496. The summed E-state index contributed by atoms with van der Waals surface area (Å²) in [6.45, 7) is 11.2. The highest BCUT2D eigenvalue weighted by Gasteiger charge is 2.41. The molecule has 2 heterocycles. The molecule has 0 saturated carbocycles. The third kappa shape index (κ3) is 6.47. The molecule has 3 aliphatic carbocycles. The monoisotopic (exact) mass is 1110 g/mol. The van der Waals surface area contributed by atoms with Crippen LogP contribution in [0.5, 0.6) is 0 Å². The quantitative estimate of drug-likeness (QED) is 0.0685. The molecule has 0 saturated heterocycles. The highest BCUT2D eigenvalue weighted by atomic mass is 127. The van der Waals surface area contributed by atoms with Crippen molar-refractivity contribution in [1.82, 2.24) is 9.13 Å². The Kier molecular flexibility index (Phi) is 9.77. The van der Waals surface area contributed by atoms with Crippen LogP contribution in [0.2, 0.25) is 0 Å². The van der Waals surface area contributed by atoms with Gasteiger partial charge in [-0.2, -0.15) is 0 Å². The van der Waals surface area contributed by atoms with Crippen LogP contribution in [0, 0.1) is 5.92 Å². The maximum atomic E-state index is 4.81. The normalized spacial score (nSPS) is 16.7. The van der Waals surface area contributed by atoms with E-state index in [9.17, 15) is 0 Å². The lowest BCUT2D eigenvalue weighted by molar-refractivity contribution is 0.661. The number of rotatable bonds is 6. The number of aliphatic imine (C=N–C) groups is 1. The number of hydrogen-bond acceptors (Lipinski definition) is 1. The Balaban J connectivity index is 0.839. The molecule has 4 heteroatoms. The highest BCUT2D eigenvalue weighted by Crippen LogP contribution is 2.56.